The summed E-state index contributed by atoms with van der Waals surface area (Å²) in [6.07, 6.45) is 2.32. The zero-order chi connectivity index (χ0) is 15.4. The van der Waals surface area contributed by atoms with Crippen molar-refractivity contribution in [1.82, 2.24) is 5.43 Å². The fourth-order valence-electron chi connectivity index (χ4n) is 2.41. The van der Waals surface area contributed by atoms with Gasteiger partial charge in [0.1, 0.15) is 0 Å². The molecule has 4 heteroatoms. The quantitative estimate of drug-likeness (QED) is 0.867. The van der Waals surface area contributed by atoms with Crippen molar-refractivity contribution in [2.24, 2.45) is 16.0 Å². The molecule has 1 aliphatic rings. The number of rotatable bonds is 3. The second kappa shape index (κ2) is 6.35. The van der Waals surface area contributed by atoms with Crippen LogP contribution in [-0.2, 0) is 4.79 Å². The van der Waals surface area contributed by atoms with E-state index in [-0.39, 0.29) is 11.8 Å². The molecule has 110 valence electrons. The van der Waals surface area contributed by atoms with Crippen molar-refractivity contribution in [3.8, 4) is 0 Å². The molecule has 1 amide bonds. The predicted molar refractivity (Wildman–Crippen MR) is 88.6 cm³/mol. The maximum absolute atomic E-state index is 11.3. The maximum atomic E-state index is 11.3. The predicted octanol–water partition coefficient (Wildman–Crippen LogP) is 3.30. The fourth-order valence-corrected chi connectivity index (χ4v) is 2.41. The van der Waals surface area contributed by atoms with E-state index >= 15 is 0 Å². The zero-order valence-electron chi connectivity index (χ0n) is 12.4. The van der Waals surface area contributed by atoms with Gasteiger partial charge in [0.15, 0.2) is 0 Å². The van der Waals surface area contributed by atoms with Gasteiger partial charge in [0.05, 0.1) is 11.4 Å². The number of hydrogen-bond acceptors (Lipinski definition) is 3. The number of carbonyl (C=O) groups is 1. The normalized spacial score (nSPS) is 18.1. The highest BCUT2D eigenvalue weighted by Crippen LogP contribution is 2.19. The Morgan fingerprint density at radius 3 is 2.55 bits per heavy atom. The summed E-state index contributed by atoms with van der Waals surface area (Å²) in [5, 5.41) is 4.16. The fraction of sp³-hybridized carbons (Fsp3) is 0.167. The van der Waals surface area contributed by atoms with E-state index in [1.807, 2.05) is 67.7 Å². The molecule has 1 N–H and O–H groups in total. The molecule has 2 aromatic carbocycles. The van der Waals surface area contributed by atoms with Crippen LogP contribution in [0.15, 0.2) is 64.7 Å². The Hall–Kier alpha value is -2.75. The molecule has 0 aromatic heterocycles. The first kappa shape index (κ1) is 14.2. The van der Waals surface area contributed by atoms with Crippen molar-refractivity contribution in [3.63, 3.8) is 0 Å². The summed E-state index contributed by atoms with van der Waals surface area (Å²) in [6, 6.07) is 17.9. The van der Waals surface area contributed by atoms with Crippen molar-refractivity contribution in [2.45, 2.75) is 13.3 Å². The highest BCUT2D eigenvalue weighted by atomic mass is 16.2. The lowest BCUT2D eigenvalue weighted by molar-refractivity contribution is -0.121. The molecule has 2 aromatic rings. The summed E-state index contributed by atoms with van der Waals surface area (Å²) in [4.78, 5) is 15.7. The van der Waals surface area contributed by atoms with E-state index in [4.69, 9.17) is 0 Å². The number of nitrogens with one attached hydrogen (secondary N) is 1. The van der Waals surface area contributed by atoms with E-state index in [0.717, 1.165) is 22.5 Å². The van der Waals surface area contributed by atoms with Gasteiger partial charge >= 0.3 is 0 Å². The molecule has 1 aliphatic heterocycles. The average Bonchev–Trinajstić information content (AvgIpc) is 2.55. The molecule has 1 heterocycles. The molecule has 0 radical (unpaired) electrons. The first-order valence-electron chi connectivity index (χ1n) is 7.28. The molecular formula is C18H17N3O. The van der Waals surface area contributed by atoms with Crippen LogP contribution >= 0.6 is 0 Å². The Morgan fingerprint density at radius 1 is 1.14 bits per heavy atom. The van der Waals surface area contributed by atoms with Gasteiger partial charge in [-0.25, -0.2) is 5.43 Å². The van der Waals surface area contributed by atoms with Crippen LogP contribution in [0.25, 0.3) is 0 Å². The molecule has 0 bridgehead atoms. The second-order valence-corrected chi connectivity index (χ2v) is 5.35. The summed E-state index contributed by atoms with van der Waals surface area (Å²) < 4.78 is 0. The highest BCUT2D eigenvalue weighted by Gasteiger charge is 2.21. The van der Waals surface area contributed by atoms with Crippen LogP contribution in [0.1, 0.15) is 24.5 Å². The van der Waals surface area contributed by atoms with Gasteiger partial charge in [-0.15, -0.1) is 0 Å². The smallest absolute Gasteiger partial charge is 0.240 e. The standard InChI is InChI=1S/C18H17N3O/c1-13-11-17(22)20-21-18(13)15-7-9-16(10-8-15)19-12-14-5-3-2-4-6-14/h2-10,12-13H,11H2,1H3,(H,20,22)/b19-12+. The third-order valence-corrected chi connectivity index (χ3v) is 3.58. The third kappa shape index (κ3) is 3.28. The minimum atomic E-state index is -0.0275. The molecule has 22 heavy (non-hydrogen) atoms. The summed E-state index contributed by atoms with van der Waals surface area (Å²) in [7, 11) is 0. The van der Waals surface area contributed by atoms with Crippen molar-refractivity contribution in [2.75, 3.05) is 0 Å². The summed E-state index contributed by atoms with van der Waals surface area (Å²) >= 11 is 0. The number of aliphatic imine (C=N–C) groups is 1. The second-order valence-electron chi connectivity index (χ2n) is 5.35. The molecule has 0 saturated carbocycles. The molecule has 0 spiro atoms. The molecule has 0 fully saturated rings. The summed E-state index contributed by atoms with van der Waals surface area (Å²) in [5.41, 5.74) is 6.43. The van der Waals surface area contributed by atoms with Gasteiger partial charge in [-0.1, -0.05) is 49.4 Å². The Bertz CT molecular complexity index is 718. The number of nitrogens with zero attached hydrogens (tertiary/aromatic N) is 2. The van der Waals surface area contributed by atoms with Crippen molar-refractivity contribution >= 4 is 23.5 Å². The van der Waals surface area contributed by atoms with Crippen molar-refractivity contribution < 1.29 is 4.79 Å². The lowest BCUT2D eigenvalue weighted by Crippen LogP contribution is -2.31. The first-order chi connectivity index (χ1) is 10.7. The van der Waals surface area contributed by atoms with Crippen molar-refractivity contribution in [1.29, 1.82) is 0 Å². The lowest BCUT2D eigenvalue weighted by Gasteiger charge is -2.19. The molecule has 0 aliphatic carbocycles. The van der Waals surface area contributed by atoms with Crippen LogP contribution < -0.4 is 5.43 Å². The van der Waals surface area contributed by atoms with Gasteiger partial charge in [0.2, 0.25) is 5.91 Å². The Balaban J connectivity index is 1.76. The van der Waals surface area contributed by atoms with Crippen LogP contribution in [0.4, 0.5) is 5.69 Å². The Kier molecular flexibility index (Phi) is 4.10. The Labute approximate surface area is 129 Å². The monoisotopic (exact) mass is 291 g/mol. The minimum Gasteiger partial charge on any atom is -0.273 e. The maximum Gasteiger partial charge on any atom is 0.240 e. The number of hydrogen-bond donors (Lipinski definition) is 1. The first-order valence-corrected chi connectivity index (χ1v) is 7.28. The largest absolute Gasteiger partial charge is 0.273 e. The minimum absolute atomic E-state index is 0.0275. The number of benzene rings is 2. The van der Waals surface area contributed by atoms with Crippen LogP contribution in [0.3, 0.4) is 0 Å². The molecule has 1 unspecified atom stereocenters. The van der Waals surface area contributed by atoms with Crippen LogP contribution in [0.5, 0.6) is 0 Å². The lowest BCUT2D eigenvalue weighted by atomic mass is 9.94. The van der Waals surface area contributed by atoms with Crippen LogP contribution in [0.2, 0.25) is 0 Å². The molecule has 1 atom stereocenters. The van der Waals surface area contributed by atoms with Gasteiger partial charge in [0, 0.05) is 18.6 Å². The van der Waals surface area contributed by atoms with E-state index < -0.39 is 0 Å². The average molecular weight is 291 g/mol. The van der Waals surface area contributed by atoms with Crippen LogP contribution in [-0.4, -0.2) is 17.8 Å². The highest BCUT2D eigenvalue weighted by molar-refractivity contribution is 6.05. The van der Waals surface area contributed by atoms with Gasteiger partial charge in [-0.05, 0) is 23.3 Å². The van der Waals surface area contributed by atoms with E-state index in [9.17, 15) is 4.79 Å². The number of amides is 1. The Morgan fingerprint density at radius 2 is 1.86 bits per heavy atom. The van der Waals surface area contributed by atoms with Crippen LogP contribution in [0, 0.1) is 5.92 Å². The zero-order valence-corrected chi connectivity index (χ0v) is 12.4. The van der Waals surface area contributed by atoms with Gasteiger partial charge in [-0.3, -0.25) is 9.79 Å². The van der Waals surface area contributed by atoms with Gasteiger partial charge in [0.25, 0.3) is 0 Å². The van der Waals surface area contributed by atoms with E-state index in [1.165, 1.54) is 0 Å². The molecule has 3 rings (SSSR count). The van der Waals surface area contributed by atoms with E-state index in [0.29, 0.717) is 6.42 Å². The summed E-state index contributed by atoms with van der Waals surface area (Å²) in [6.45, 7) is 2.01. The molecule has 0 saturated heterocycles. The molecular weight excluding hydrogens is 274 g/mol. The molecule has 4 nitrogen and oxygen atoms in total. The SMILES string of the molecule is CC1CC(=O)NN=C1c1ccc(/N=C/c2ccccc2)cc1. The third-order valence-electron chi connectivity index (χ3n) is 3.58. The topological polar surface area (TPSA) is 53.8 Å². The van der Waals surface area contributed by atoms with E-state index in [1.54, 1.807) is 0 Å². The van der Waals surface area contributed by atoms with Gasteiger partial charge in [-0.2, -0.15) is 5.10 Å². The summed E-state index contributed by atoms with van der Waals surface area (Å²) in [5.74, 6) is 0.104. The number of hydrazone groups is 1. The van der Waals surface area contributed by atoms with E-state index in [2.05, 4.69) is 15.5 Å². The number of carbonyl (C=O) groups excluding carboxylic acids is 1. The van der Waals surface area contributed by atoms with Crippen molar-refractivity contribution in [3.05, 3.63) is 65.7 Å². The van der Waals surface area contributed by atoms with Gasteiger partial charge < -0.3 is 0 Å².